The molecule has 1 aliphatic rings. The molecular weight excluding hydrogens is 347 g/mol. The summed E-state index contributed by atoms with van der Waals surface area (Å²) < 4.78 is 21.9. The SMILES string of the molecule is CC[NH+]1CC[NH+]([C@H](c2ccccc2F)c2nnnn2Cc2ccco2)CC1. The summed E-state index contributed by atoms with van der Waals surface area (Å²) in [7, 11) is 0. The lowest BCUT2D eigenvalue weighted by Gasteiger charge is -2.33. The third-order valence-corrected chi connectivity index (χ3v) is 5.43. The molecule has 0 radical (unpaired) electrons. The van der Waals surface area contributed by atoms with E-state index in [2.05, 4.69) is 22.4 Å². The van der Waals surface area contributed by atoms with Gasteiger partial charge in [0.2, 0.25) is 5.82 Å². The quantitative estimate of drug-likeness (QED) is 0.603. The molecule has 7 nitrogen and oxygen atoms in total. The highest BCUT2D eigenvalue weighted by atomic mass is 19.1. The van der Waals surface area contributed by atoms with Gasteiger partial charge in [0.25, 0.3) is 0 Å². The molecule has 1 aliphatic heterocycles. The van der Waals surface area contributed by atoms with E-state index in [0.717, 1.165) is 38.5 Å². The van der Waals surface area contributed by atoms with Gasteiger partial charge in [-0.05, 0) is 41.6 Å². The maximum absolute atomic E-state index is 14.7. The van der Waals surface area contributed by atoms with Crippen molar-refractivity contribution in [1.29, 1.82) is 0 Å². The molecule has 0 amide bonds. The predicted molar refractivity (Wildman–Crippen MR) is 95.8 cm³/mol. The van der Waals surface area contributed by atoms with Crippen LogP contribution in [0.5, 0.6) is 0 Å². The molecule has 0 unspecified atom stereocenters. The van der Waals surface area contributed by atoms with Crippen LogP contribution in [0, 0.1) is 5.82 Å². The number of piperazine rings is 1. The summed E-state index contributed by atoms with van der Waals surface area (Å²) in [6, 6.07) is 10.4. The lowest BCUT2D eigenvalue weighted by atomic mass is 10.0. The molecule has 4 rings (SSSR count). The lowest BCUT2D eigenvalue weighted by Crippen LogP contribution is -3.28. The molecule has 8 heteroatoms. The van der Waals surface area contributed by atoms with E-state index in [9.17, 15) is 4.39 Å². The minimum absolute atomic E-state index is 0.215. The molecule has 1 atom stereocenters. The van der Waals surface area contributed by atoms with Crippen LogP contribution in [0.15, 0.2) is 47.1 Å². The van der Waals surface area contributed by atoms with Gasteiger partial charge < -0.3 is 14.2 Å². The Kier molecular flexibility index (Phi) is 5.26. The Balaban J connectivity index is 1.69. The highest BCUT2D eigenvalue weighted by Gasteiger charge is 2.36. The Morgan fingerprint density at radius 2 is 1.96 bits per heavy atom. The summed E-state index contributed by atoms with van der Waals surface area (Å²) in [5.74, 6) is 1.23. The second-order valence-corrected chi connectivity index (χ2v) is 6.99. The van der Waals surface area contributed by atoms with Gasteiger partial charge in [-0.2, -0.15) is 0 Å². The molecule has 1 fully saturated rings. The molecule has 2 N–H and O–H groups in total. The number of rotatable bonds is 6. The number of benzene rings is 1. The van der Waals surface area contributed by atoms with Crippen LogP contribution in [-0.4, -0.2) is 52.9 Å². The van der Waals surface area contributed by atoms with Crippen molar-refractivity contribution in [2.45, 2.75) is 19.5 Å². The van der Waals surface area contributed by atoms with Crippen molar-refractivity contribution >= 4 is 0 Å². The molecule has 3 aromatic rings. The van der Waals surface area contributed by atoms with E-state index in [1.807, 2.05) is 24.3 Å². The first-order valence-electron chi connectivity index (χ1n) is 9.47. The Morgan fingerprint density at radius 3 is 2.67 bits per heavy atom. The van der Waals surface area contributed by atoms with E-state index in [-0.39, 0.29) is 11.9 Å². The van der Waals surface area contributed by atoms with E-state index >= 15 is 0 Å². The Morgan fingerprint density at radius 1 is 1.15 bits per heavy atom. The summed E-state index contributed by atoms with van der Waals surface area (Å²) in [6.45, 7) is 7.80. The molecule has 0 bridgehead atoms. The first kappa shape index (κ1) is 17.8. The summed E-state index contributed by atoms with van der Waals surface area (Å²) in [5.41, 5.74) is 0.642. The van der Waals surface area contributed by atoms with E-state index in [1.165, 1.54) is 11.0 Å². The van der Waals surface area contributed by atoms with Crippen molar-refractivity contribution in [3.05, 3.63) is 65.6 Å². The van der Waals surface area contributed by atoms with Gasteiger partial charge >= 0.3 is 0 Å². The van der Waals surface area contributed by atoms with E-state index in [0.29, 0.717) is 17.9 Å². The standard InChI is InChI=1S/C19H23FN6O/c1-2-24-9-11-25(12-10-24)18(16-7-3-4-8-17(16)20)19-21-22-23-26(19)14-15-6-5-13-27-15/h3-8,13,18H,2,9-12,14H2,1H3/p+2/t18-/m1/s1. The topological polar surface area (TPSA) is 65.6 Å². The number of nitrogens with one attached hydrogen (secondary N) is 2. The number of nitrogens with zero attached hydrogens (tertiary/aromatic N) is 4. The smallest absolute Gasteiger partial charge is 0.214 e. The second kappa shape index (κ2) is 7.98. The summed E-state index contributed by atoms with van der Waals surface area (Å²) in [5, 5.41) is 12.3. The molecular formula is C19H25FN6O+2. The van der Waals surface area contributed by atoms with Crippen molar-refractivity contribution in [3.63, 3.8) is 0 Å². The molecule has 3 heterocycles. The minimum Gasteiger partial charge on any atom is -0.467 e. The highest BCUT2D eigenvalue weighted by molar-refractivity contribution is 5.24. The van der Waals surface area contributed by atoms with Gasteiger partial charge in [0.15, 0.2) is 6.04 Å². The van der Waals surface area contributed by atoms with Crippen LogP contribution in [0.25, 0.3) is 0 Å². The molecule has 0 saturated carbocycles. The van der Waals surface area contributed by atoms with Crippen LogP contribution in [0.4, 0.5) is 4.39 Å². The number of halogens is 1. The van der Waals surface area contributed by atoms with Gasteiger partial charge in [-0.25, -0.2) is 9.07 Å². The van der Waals surface area contributed by atoms with Gasteiger partial charge in [0.1, 0.15) is 44.3 Å². The largest absolute Gasteiger partial charge is 0.467 e. The first-order valence-corrected chi connectivity index (χ1v) is 9.47. The minimum atomic E-state index is -0.241. The number of hydrogen-bond acceptors (Lipinski definition) is 4. The summed E-state index contributed by atoms with van der Waals surface area (Å²) in [4.78, 5) is 2.88. The molecule has 0 aliphatic carbocycles. The van der Waals surface area contributed by atoms with Gasteiger partial charge in [-0.15, -0.1) is 5.10 Å². The number of furan rings is 1. The van der Waals surface area contributed by atoms with Crippen LogP contribution in [-0.2, 0) is 6.54 Å². The van der Waals surface area contributed by atoms with Gasteiger partial charge in [-0.1, -0.05) is 12.1 Å². The van der Waals surface area contributed by atoms with Crippen molar-refractivity contribution in [2.75, 3.05) is 32.7 Å². The zero-order valence-corrected chi connectivity index (χ0v) is 15.4. The average molecular weight is 372 g/mol. The second-order valence-electron chi connectivity index (χ2n) is 6.99. The number of aromatic nitrogens is 4. The molecule has 1 saturated heterocycles. The molecule has 27 heavy (non-hydrogen) atoms. The number of hydrogen-bond donors (Lipinski definition) is 2. The van der Waals surface area contributed by atoms with Crippen molar-refractivity contribution < 1.29 is 18.6 Å². The summed E-state index contributed by atoms with van der Waals surface area (Å²) in [6.07, 6.45) is 1.63. The fraction of sp³-hybridized carbons (Fsp3) is 0.421. The zero-order valence-electron chi connectivity index (χ0n) is 15.4. The summed E-state index contributed by atoms with van der Waals surface area (Å²) >= 11 is 0. The third-order valence-electron chi connectivity index (χ3n) is 5.43. The van der Waals surface area contributed by atoms with Gasteiger partial charge in [0.05, 0.1) is 18.4 Å². The van der Waals surface area contributed by atoms with Crippen LogP contribution >= 0.6 is 0 Å². The van der Waals surface area contributed by atoms with Crippen molar-refractivity contribution in [2.24, 2.45) is 0 Å². The first-order chi connectivity index (χ1) is 13.3. The molecule has 0 spiro atoms. The van der Waals surface area contributed by atoms with E-state index < -0.39 is 0 Å². The maximum Gasteiger partial charge on any atom is 0.214 e. The average Bonchev–Trinajstić information content (AvgIpc) is 3.37. The Bertz CT molecular complexity index is 857. The maximum atomic E-state index is 14.7. The van der Waals surface area contributed by atoms with Gasteiger partial charge in [0, 0.05) is 0 Å². The van der Waals surface area contributed by atoms with Crippen molar-refractivity contribution in [3.8, 4) is 0 Å². The molecule has 142 valence electrons. The van der Waals surface area contributed by atoms with E-state index in [1.54, 1.807) is 21.9 Å². The van der Waals surface area contributed by atoms with Crippen LogP contribution in [0.2, 0.25) is 0 Å². The number of tetrazole rings is 1. The number of quaternary nitrogens is 2. The van der Waals surface area contributed by atoms with Crippen LogP contribution in [0.1, 0.15) is 30.1 Å². The predicted octanol–water partition coefficient (Wildman–Crippen LogP) is -0.654. The fourth-order valence-electron chi connectivity index (χ4n) is 3.90. The fourth-order valence-corrected chi connectivity index (χ4v) is 3.90. The van der Waals surface area contributed by atoms with Gasteiger partial charge in [-0.3, -0.25) is 0 Å². The monoisotopic (exact) mass is 372 g/mol. The highest BCUT2D eigenvalue weighted by Crippen LogP contribution is 2.20. The van der Waals surface area contributed by atoms with Crippen molar-refractivity contribution in [1.82, 2.24) is 20.2 Å². The number of likely N-dealkylation sites (N-methyl/N-ethyl adjacent to an activating group) is 1. The zero-order chi connectivity index (χ0) is 18.6. The third kappa shape index (κ3) is 3.77. The Hall–Kier alpha value is -2.58. The van der Waals surface area contributed by atoms with Crippen LogP contribution in [0.3, 0.4) is 0 Å². The molecule has 2 aromatic heterocycles. The molecule has 1 aromatic carbocycles. The normalized spacial score (nSPS) is 21.3. The Labute approximate surface area is 157 Å². The lowest BCUT2D eigenvalue weighted by molar-refractivity contribution is -1.02. The van der Waals surface area contributed by atoms with E-state index in [4.69, 9.17) is 4.42 Å². The van der Waals surface area contributed by atoms with Crippen LogP contribution < -0.4 is 9.80 Å².